The van der Waals surface area contributed by atoms with Gasteiger partial charge in [-0.05, 0) is 82.9 Å². The van der Waals surface area contributed by atoms with Crippen LogP contribution in [-0.2, 0) is 23.8 Å². The summed E-state index contributed by atoms with van der Waals surface area (Å²) < 4.78 is 17.9. The molecule has 7 nitrogen and oxygen atoms in total. The van der Waals surface area contributed by atoms with Crippen molar-refractivity contribution in [1.29, 1.82) is 0 Å². The highest BCUT2D eigenvalue weighted by molar-refractivity contribution is 5.88. The third kappa shape index (κ3) is 7.50. The summed E-state index contributed by atoms with van der Waals surface area (Å²) in [7, 11) is 0. The molecule has 4 atom stereocenters. The molecule has 0 radical (unpaired) electrons. The molecular weight excluding hydrogens is 504 g/mol. The number of rotatable bonds is 11. The molecule has 218 valence electrons. The Kier molecular flexibility index (Phi) is 10.8. The Morgan fingerprint density at radius 1 is 1.18 bits per heavy atom. The molecule has 7 heteroatoms. The van der Waals surface area contributed by atoms with Crippen LogP contribution < -0.4 is 5.32 Å². The zero-order chi connectivity index (χ0) is 28.6. The van der Waals surface area contributed by atoms with Crippen molar-refractivity contribution in [2.75, 3.05) is 19.7 Å². The highest BCUT2D eigenvalue weighted by Crippen LogP contribution is 2.46. The van der Waals surface area contributed by atoms with Crippen LogP contribution >= 0.6 is 0 Å². The quantitative estimate of drug-likeness (QED) is 0.155. The summed E-state index contributed by atoms with van der Waals surface area (Å²) in [5.74, 6) is -1.13. The van der Waals surface area contributed by atoms with Crippen LogP contribution in [0.15, 0.2) is 59.3 Å². The minimum Gasteiger partial charge on any atom is -0.392 e. The second kappa shape index (κ2) is 14.2. The van der Waals surface area contributed by atoms with E-state index in [1.54, 1.807) is 0 Å². The number of esters is 2. The first-order valence-corrected chi connectivity index (χ1v) is 14.9. The largest absolute Gasteiger partial charge is 0.392 e. The Hall–Kier alpha value is -2.74. The fourth-order valence-electron chi connectivity index (χ4n) is 6.16. The maximum atomic E-state index is 13.1. The number of nitrogens with zero attached hydrogens (tertiary/aromatic N) is 1. The van der Waals surface area contributed by atoms with Crippen LogP contribution in [0.5, 0.6) is 0 Å². The van der Waals surface area contributed by atoms with Crippen LogP contribution in [0.1, 0.15) is 96.4 Å². The molecule has 0 aromatic heterocycles. The smallest absolute Gasteiger partial charge is 0.335 e. The van der Waals surface area contributed by atoms with Crippen molar-refractivity contribution in [3.05, 3.63) is 70.5 Å². The fraction of sp³-hybridized carbons (Fsp3) is 0.576. The van der Waals surface area contributed by atoms with Gasteiger partial charge in [-0.15, -0.1) is 0 Å². The number of ether oxygens (including phenoxy) is 3. The molecule has 0 saturated carbocycles. The zero-order valence-corrected chi connectivity index (χ0v) is 24.8. The Morgan fingerprint density at radius 2 is 1.95 bits per heavy atom. The van der Waals surface area contributed by atoms with Gasteiger partial charge in [-0.1, -0.05) is 48.1 Å². The number of fused-ring (bicyclic) bond motifs is 2. The van der Waals surface area contributed by atoms with Crippen molar-refractivity contribution >= 4 is 11.9 Å². The number of unbranched alkanes of at least 4 members (excludes halogenated alkanes) is 1. The first kappa shape index (κ1) is 30.2. The monoisotopic (exact) mass is 550 g/mol. The molecule has 1 aromatic carbocycles. The molecule has 3 aliphatic heterocycles. The number of nitrogens with one attached hydrogen (secondary N) is 1. The highest BCUT2D eigenvalue weighted by atomic mass is 16.6. The number of carbonyl (C=O) groups is 2. The standard InChI is InChI=1S/C33H46N2O5/c1-6-25(16-17-26-13-11-18-34-23(26)4)12-9-10-19-38-27-20-30-32(39-22(2)3)29-15-8-7-14-28(29)31(35(30)21-27)33(37)40-24(5)36/h6-8,14-17,22,27,30-32,34H,9-13,18-21H2,1-5H3/b17-16-,25-6+/t27-,30?,31?,32-/m1/s1. The van der Waals surface area contributed by atoms with Gasteiger partial charge in [-0.3, -0.25) is 9.69 Å². The predicted molar refractivity (Wildman–Crippen MR) is 156 cm³/mol. The van der Waals surface area contributed by atoms with Crippen LogP contribution in [0, 0.1) is 0 Å². The van der Waals surface area contributed by atoms with Gasteiger partial charge in [-0.2, -0.15) is 0 Å². The molecule has 4 rings (SSSR count). The fourth-order valence-corrected chi connectivity index (χ4v) is 6.16. The topological polar surface area (TPSA) is 77.1 Å². The van der Waals surface area contributed by atoms with Gasteiger partial charge in [0.05, 0.1) is 18.3 Å². The predicted octanol–water partition coefficient (Wildman–Crippen LogP) is 6.09. The number of allylic oxidation sites excluding steroid dienone is 6. The van der Waals surface area contributed by atoms with Crippen LogP contribution in [-0.4, -0.2) is 54.8 Å². The summed E-state index contributed by atoms with van der Waals surface area (Å²) in [6.45, 7) is 11.9. The summed E-state index contributed by atoms with van der Waals surface area (Å²) >= 11 is 0. The Balaban J connectivity index is 1.35. The van der Waals surface area contributed by atoms with Gasteiger partial charge in [0.25, 0.3) is 0 Å². The molecule has 0 bridgehead atoms. The summed E-state index contributed by atoms with van der Waals surface area (Å²) in [5.41, 5.74) is 5.88. The molecule has 0 amide bonds. The highest BCUT2D eigenvalue weighted by Gasteiger charge is 2.50. The van der Waals surface area contributed by atoms with E-state index in [0.29, 0.717) is 13.2 Å². The lowest BCUT2D eigenvalue weighted by Gasteiger charge is -2.42. The van der Waals surface area contributed by atoms with Crippen LogP contribution in [0.3, 0.4) is 0 Å². The van der Waals surface area contributed by atoms with Crippen molar-refractivity contribution in [2.24, 2.45) is 0 Å². The Morgan fingerprint density at radius 3 is 2.65 bits per heavy atom. The van der Waals surface area contributed by atoms with E-state index in [1.165, 1.54) is 30.2 Å². The molecule has 3 aliphatic rings. The number of hydrogen-bond donors (Lipinski definition) is 1. The lowest BCUT2D eigenvalue weighted by Crippen LogP contribution is -2.47. The minimum atomic E-state index is -0.645. The van der Waals surface area contributed by atoms with Crippen LogP contribution in [0.4, 0.5) is 0 Å². The van der Waals surface area contributed by atoms with E-state index >= 15 is 0 Å². The molecule has 3 heterocycles. The van der Waals surface area contributed by atoms with E-state index < -0.39 is 18.0 Å². The van der Waals surface area contributed by atoms with Crippen molar-refractivity contribution in [1.82, 2.24) is 10.2 Å². The molecule has 1 fully saturated rings. The number of carbonyl (C=O) groups excluding carboxylic acids is 2. The lowest BCUT2D eigenvalue weighted by atomic mass is 9.86. The SMILES string of the molecule is C/C=C(/C=C\C1=C(C)NCCC1)CCCCO[C@@H]1CC2[C@H](OC(C)C)c3ccccc3C(C(=O)OC(C)=O)N2C1. The summed E-state index contributed by atoms with van der Waals surface area (Å²) in [6.07, 6.45) is 12.7. The van der Waals surface area contributed by atoms with Crippen molar-refractivity contribution in [2.45, 2.75) is 104 Å². The molecule has 1 saturated heterocycles. The van der Waals surface area contributed by atoms with Crippen molar-refractivity contribution < 1.29 is 23.8 Å². The van der Waals surface area contributed by atoms with E-state index in [1.807, 2.05) is 38.1 Å². The average molecular weight is 551 g/mol. The third-order valence-electron chi connectivity index (χ3n) is 8.09. The molecule has 1 aromatic rings. The van der Waals surface area contributed by atoms with Gasteiger partial charge in [0, 0.05) is 38.4 Å². The maximum Gasteiger partial charge on any atom is 0.335 e. The van der Waals surface area contributed by atoms with Crippen molar-refractivity contribution in [3.63, 3.8) is 0 Å². The summed E-state index contributed by atoms with van der Waals surface area (Å²) in [4.78, 5) is 26.9. The zero-order valence-electron chi connectivity index (χ0n) is 24.8. The Labute approximate surface area is 239 Å². The normalized spacial score (nSPS) is 25.2. The molecular formula is C33H46N2O5. The lowest BCUT2D eigenvalue weighted by molar-refractivity contribution is -0.164. The Bertz CT molecular complexity index is 1140. The molecule has 0 spiro atoms. The second-order valence-electron chi connectivity index (χ2n) is 11.4. The van der Waals surface area contributed by atoms with Gasteiger partial charge < -0.3 is 19.5 Å². The van der Waals surface area contributed by atoms with E-state index in [4.69, 9.17) is 14.2 Å². The van der Waals surface area contributed by atoms with Crippen LogP contribution in [0.25, 0.3) is 0 Å². The van der Waals surface area contributed by atoms with E-state index in [2.05, 4.69) is 42.3 Å². The molecule has 40 heavy (non-hydrogen) atoms. The summed E-state index contributed by atoms with van der Waals surface area (Å²) in [6, 6.07) is 7.18. The number of benzene rings is 1. The number of hydrogen-bond acceptors (Lipinski definition) is 7. The van der Waals surface area contributed by atoms with Gasteiger partial charge >= 0.3 is 11.9 Å². The van der Waals surface area contributed by atoms with Gasteiger partial charge in [0.2, 0.25) is 0 Å². The van der Waals surface area contributed by atoms with Crippen molar-refractivity contribution in [3.8, 4) is 0 Å². The molecule has 0 aliphatic carbocycles. The first-order valence-electron chi connectivity index (χ1n) is 14.9. The van der Waals surface area contributed by atoms with E-state index in [-0.39, 0.29) is 24.4 Å². The second-order valence-corrected chi connectivity index (χ2v) is 11.4. The molecule has 1 N–H and O–H groups in total. The van der Waals surface area contributed by atoms with Gasteiger partial charge in [0.15, 0.2) is 0 Å². The van der Waals surface area contributed by atoms with Gasteiger partial charge in [0.1, 0.15) is 6.04 Å². The van der Waals surface area contributed by atoms with E-state index in [0.717, 1.165) is 49.8 Å². The average Bonchev–Trinajstić information content (AvgIpc) is 3.34. The van der Waals surface area contributed by atoms with Gasteiger partial charge in [-0.25, -0.2) is 4.79 Å². The molecule has 2 unspecified atom stereocenters. The van der Waals surface area contributed by atoms with E-state index in [9.17, 15) is 9.59 Å². The first-order chi connectivity index (χ1) is 19.3. The summed E-state index contributed by atoms with van der Waals surface area (Å²) in [5, 5.41) is 3.45. The minimum absolute atomic E-state index is 0.0139. The van der Waals surface area contributed by atoms with Crippen LogP contribution in [0.2, 0.25) is 0 Å². The third-order valence-corrected chi connectivity index (χ3v) is 8.09. The maximum absolute atomic E-state index is 13.1.